The third-order valence-electron chi connectivity index (χ3n) is 4.38. The predicted octanol–water partition coefficient (Wildman–Crippen LogP) is 2.39. The molecule has 136 valence electrons. The van der Waals surface area contributed by atoms with Crippen LogP contribution >= 0.6 is 0 Å². The van der Waals surface area contributed by atoms with Crippen LogP contribution in [0.15, 0.2) is 34.9 Å². The van der Waals surface area contributed by atoms with Gasteiger partial charge in [0.15, 0.2) is 5.89 Å². The molecule has 1 aromatic heterocycles. The van der Waals surface area contributed by atoms with Gasteiger partial charge in [-0.1, -0.05) is 12.1 Å². The van der Waals surface area contributed by atoms with Gasteiger partial charge in [-0.25, -0.2) is 9.37 Å². The number of oxazole rings is 1. The van der Waals surface area contributed by atoms with Gasteiger partial charge in [0.1, 0.15) is 11.6 Å². The molecule has 0 N–H and O–H groups in total. The molecule has 8 heteroatoms. The van der Waals surface area contributed by atoms with E-state index < -0.39 is 10.2 Å². The van der Waals surface area contributed by atoms with Gasteiger partial charge >= 0.3 is 0 Å². The average Bonchev–Trinajstić information content (AvgIpc) is 3.05. The molecule has 0 unspecified atom stereocenters. The molecule has 1 fully saturated rings. The van der Waals surface area contributed by atoms with Gasteiger partial charge in [0.05, 0.1) is 6.20 Å². The Kier molecular flexibility index (Phi) is 5.21. The maximum Gasteiger partial charge on any atom is 0.281 e. The van der Waals surface area contributed by atoms with Gasteiger partial charge in [-0.3, -0.25) is 0 Å². The number of piperidine rings is 1. The van der Waals surface area contributed by atoms with Crippen molar-refractivity contribution < 1.29 is 17.2 Å². The van der Waals surface area contributed by atoms with Crippen LogP contribution in [0.3, 0.4) is 0 Å². The summed E-state index contributed by atoms with van der Waals surface area (Å²) < 4.78 is 46.1. The van der Waals surface area contributed by atoms with E-state index in [0.717, 1.165) is 18.4 Å². The Labute approximate surface area is 147 Å². The summed E-state index contributed by atoms with van der Waals surface area (Å²) in [5, 5.41) is 0. The normalized spacial score (nSPS) is 19.4. The molecular weight excluding hydrogens is 345 g/mol. The SMILES string of the molecule is CN(C)S(=O)(=O)N1CCC[C@H](c2ncc(Cc3ccc(F)cc3)o2)C1. The Morgan fingerprint density at radius 2 is 2.04 bits per heavy atom. The van der Waals surface area contributed by atoms with E-state index in [2.05, 4.69) is 4.98 Å². The molecule has 25 heavy (non-hydrogen) atoms. The summed E-state index contributed by atoms with van der Waals surface area (Å²) in [6.45, 7) is 0.886. The molecule has 1 aliphatic heterocycles. The lowest BCUT2D eigenvalue weighted by molar-refractivity contribution is 0.270. The highest BCUT2D eigenvalue weighted by atomic mass is 32.2. The number of nitrogens with zero attached hydrogens (tertiary/aromatic N) is 3. The molecule has 2 heterocycles. The van der Waals surface area contributed by atoms with Gasteiger partial charge in [0.2, 0.25) is 0 Å². The zero-order valence-corrected chi connectivity index (χ0v) is 15.2. The van der Waals surface area contributed by atoms with Crippen LogP contribution in [0.25, 0.3) is 0 Å². The van der Waals surface area contributed by atoms with Crippen molar-refractivity contribution in [2.45, 2.75) is 25.2 Å². The molecule has 3 rings (SSSR count). The Hall–Kier alpha value is -1.77. The van der Waals surface area contributed by atoms with Crippen molar-refractivity contribution >= 4 is 10.2 Å². The van der Waals surface area contributed by atoms with Crippen LogP contribution in [0.4, 0.5) is 4.39 Å². The van der Waals surface area contributed by atoms with E-state index in [1.807, 2.05) is 0 Å². The van der Waals surface area contributed by atoms with E-state index in [9.17, 15) is 12.8 Å². The van der Waals surface area contributed by atoms with E-state index in [0.29, 0.717) is 31.2 Å². The Morgan fingerprint density at radius 1 is 1.32 bits per heavy atom. The molecule has 6 nitrogen and oxygen atoms in total. The summed E-state index contributed by atoms with van der Waals surface area (Å²) >= 11 is 0. The number of hydrogen-bond donors (Lipinski definition) is 0. The van der Waals surface area contributed by atoms with Crippen molar-refractivity contribution in [1.82, 2.24) is 13.6 Å². The minimum atomic E-state index is -3.42. The molecular formula is C17H22FN3O3S. The number of hydrogen-bond acceptors (Lipinski definition) is 4. The third kappa shape index (κ3) is 4.08. The van der Waals surface area contributed by atoms with Crippen molar-refractivity contribution in [2.75, 3.05) is 27.2 Å². The van der Waals surface area contributed by atoms with Crippen molar-refractivity contribution in [3.63, 3.8) is 0 Å². The van der Waals surface area contributed by atoms with Crippen molar-refractivity contribution in [2.24, 2.45) is 0 Å². The van der Waals surface area contributed by atoms with Crippen LogP contribution in [0.5, 0.6) is 0 Å². The fourth-order valence-electron chi connectivity index (χ4n) is 2.98. The molecule has 2 aromatic rings. The van der Waals surface area contributed by atoms with E-state index in [1.54, 1.807) is 18.3 Å². The number of benzene rings is 1. The standard InChI is InChI=1S/C17H22FN3O3S/c1-20(2)25(22,23)21-9-3-4-14(12-21)17-19-11-16(24-17)10-13-5-7-15(18)8-6-13/h5-8,11,14H,3-4,9-10,12H2,1-2H3/t14-/m0/s1. The first-order valence-electron chi connectivity index (χ1n) is 8.23. The number of rotatable bonds is 5. The lowest BCUT2D eigenvalue weighted by Crippen LogP contribution is -2.44. The molecule has 1 aromatic carbocycles. The predicted molar refractivity (Wildman–Crippen MR) is 91.9 cm³/mol. The zero-order valence-electron chi connectivity index (χ0n) is 14.4. The lowest BCUT2D eigenvalue weighted by atomic mass is 10.00. The minimum absolute atomic E-state index is 0.0505. The zero-order chi connectivity index (χ0) is 18.0. The first kappa shape index (κ1) is 18.0. The first-order valence-corrected chi connectivity index (χ1v) is 9.62. The van der Waals surface area contributed by atoms with Crippen LogP contribution in [-0.2, 0) is 16.6 Å². The van der Waals surface area contributed by atoms with Crippen LogP contribution in [0.1, 0.15) is 36.0 Å². The maximum atomic E-state index is 13.0. The lowest BCUT2D eigenvalue weighted by Gasteiger charge is -2.32. The summed E-state index contributed by atoms with van der Waals surface area (Å²) in [7, 11) is -0.360. The highest BCUT2D eigenvalue weighted by Gasteiger charge is 2.33. The second-order valence-electron chi connectivity index (χ2n) is 6.46. The molecule has 1 saturated heterocycles. The highest BCUT2D eigenvalue weighted by Crippen LogP contribution is 2.29. The van der Waals surface area contributed by atoms with E-state index in [4.69, 9.17) is 4.42 Å². The summed E-state index contributed by atoms with van der Waals surface area (Å²) in [4.78, 5) is 4.34. The fourth-order valence-corrected chi connectivity index (χ4v) is 4.17. The van der Waals surface area contributed by atoms with Gasteiger partial charge in [0, 0.05) is 39.5 Å². The quantitative estimate of drug-likeness (QED) is 0.814. The molecule has 1 atom stereocenters. The van der Waals surface area contributed by atoms with Gasteiger partial charge in [-0.2, -0.15) is 17.0 Å². The third-order valence-corrected chi connectivity index (χ3v) is 6.29. The molecule has 0 spiro atoms. The molecule has 1 aliphatic rings. The molecule has 0 bridgehead atoms. The Bertz CT molecular complexity index is 818. The molecule has 0 radical (unpaired) electrons. The van der Waals surface area contributed by atoms with Crippen molar-refractivity contribution in [1.29, 1.82) is 0 Å². The second-order valence-corrected chi connectivity index (χ2v) is 8.60. The Balaban J connectivity index is 1.70. The average molecular weight is 367 g/mol. The smallest absolute Gasteiger partial charge is 0.281 e. The van der Waals surface area contributed by atoms with E-state index in [-0.39, 0.29) is 11.7 Å². The van der Waals surface area contributed by atoms with Crippen LogP contribution in [0, 0.1) is 5.82 Å². The van der Waals surface area contributed by atoms with Gasteiger partial charge < -0.3 is 4.42 Å². The fraction of sp³-hybridized carbons (Fsp3) is 0.471. The van der Waals surface area contributed by atoms with Crippen LogP contribution < -0.4 is 0 Å². The highest BCUT2D eigenvalue weighted by molar-refractivity contribution is 7.86. The van der Waals surface area contributed by atoms with Crippen molar-refractivity contribution in [3.8, 4) is 0 Å². The monoisotopic (exact) mass is 367 g/mol. The second kappa shape index (κ2) is 7.23. The van der Waals surface area contributed by atoms with Gasteiger partial charge in [0.25, 0.3) is 10.2 Å². The number of aromatic nitrogens is 1. The Morgan fingerprint density at radius 3 is 2.72 bits per heavy atom. The van der Waals surface area contributed by atoms with Crippen LogP contribution in [-0.4, -0.2) is 49.2 Å². The largest absolute Gasteiger partial charge is 0.445 e. The molecule has 0 saturated carbocycles. The number of halogens is 1. The van der Waals surface area contributed by atoms with Crippen LogP contribution in [0.2, 0.25) is 0 Å². The van der Waals surface area contributed by atoms with E-state index >= 15 is 0 Å². The summed E-state index contributed by atoms with van der Waals surface area (Å²) in [6.07, 6.45) is 3.81. The van der Waals surface area contributed by atoms with Gasteiger partial charge in [-0.15, -0.1) is 0 Å². The minimum Gasteiger partial charge on any atom is -0.445 e. The summed E-state index contributed by atoms with van der Waals surface area (Å²) in [5.41, 5.74) is 0.935. The first-order chi connectivity index (χ1) is 11.9. The molecule has 0 amide bonds. The van der Waals surface area contributed by atoms with Crippen molar-refractivity contribution in [3.05, 3.63) is 53.5 Å². The summed E-state index contributed by atoms with van der Waals surface area (Å²) in [5.74, 6) is 0.932. The summed E-state index contributed by atoms with van der Waals surface area (Å²) in [6, 6.07) is 6.25. The topological polar surface area (TPSA) is 66.7 Å². The van der Waals surface area contributed by atoms with Gasteiger partial charge in [-0.05, 0) is 30.5 Å². The maximum absolute atomic E-state index is 13.0. The molecule has 0 aliphatic carbocycles. The van der Waals surface area contributed by atoms with E-state index in [1.165, 1.54) is 34.8 Å².